The third-order valence-corrected chi connectivity index (χ3v) is 2.09. The zero-order chi connectivity index (χ0) is 10.6. The Bertz CT molecular complexity index is 195. The standard InChI is InChI=1S/C10H20N2O2/c1-10(2,3)14-9(13)12-7-5-8-4-6-11-8/h8,11H,4-7H2,1-3H3,(H,12,13). The van der Waals surface area contributed by atoms with E-state index in [1.807, 2.05) is 20.8 Å². The summed E-state index contributed by atoms with van der Waals surface area (Å²) < 4.78 is 5.10. The fraction of sp³-hybridized carbons (Fsp3) is 0.900. The quantitative estimate of drug-likeness (QED) is 0.721. The molecule has 0 spiro atoms. The van der Waals surface area contributed by atoms with Crippen LogP contribution >= 0.6 is 0 Å². The van der Waals surface area contributed by atoms with Crippen molar-refractivity contribution in [3.05, 3.63) is 0 Å². The summed E-state index contributed by atoms with van der Waals surface area (Å²) in [5.74, 6) is 0. The van der Waals surface area contributed by atoms with Crippen molar-refractivity contribution in [3.63, 3.8) is 0 Å². The van der Waals surface area contributed by atoms with Crippen molar-refractivity contribution in [1.29, 1.82) is 0 Å². The van der Waals surface area contributed by atoms with E-state index in [0.29, 0.717) is 12.6 Å². The minimum atomic E-state index is -0.404. The molecule has 1 saturated heterocycles. The van der Waals surface area contributed by atoms with E-state index in [4.69, 9.17) is 4.74 Å². The van der Waals surface area contributed by atoms with Gasteiger partial charge in [0.25, 0.3) is 0 Å². The van der Waals surface area contributed by atoms with Crippen molar-refractivity contribution >= 4 is 6.09 Å². The molecule has 0 aromatic carbocycles. The van der Waals surface area contributed by atoms with Gasteiger partial charge in [-0.25, -0.2) is 4.79 Å². The van der Waals surface area contributed by atoms with Crippen molar-refractivity contribution < 1.29 is 9.53 Å². The molecule has 1 aliphatic rings. The first-order valence-corrected chi connectivity index (χ1v) is 5.17. The predicted molar refractivity (Wildman–Crippen MR) is 55.3 cm³/mol. The van der Waals surface area contributed by atoms with Crippen molar-refractivity contribution in [1.82, 2.24) is 10.6 Å². The second-order valence-electron chi connectivity index (χ2n) is 4.66. The molecule has 0 saturated carbocycles. The number of rotatable bonds is 3. The molecule has 4 heteroatoms. The first-order chi connectivity index (χ1) is 6.47. The van der Waals surface area contributed by atoms with E-state index in [2.05, 4.69) is 10.6 Å². The van der Waals surface area contributed by atoms with Gasteiger partial charge < -0.3 is 15.4 Å². The summed E-state index contributed by atoms with van der Waals surface area (Å²) in [6, 6.07) is 0.588. The lowest BCUT2D eigenvalue weighted by Gasteiger charge is -2.27. The number of alkyl carbamates (subject to hydrolysis) is 1. The Morgan fingerprint density at radius 2 is 2.21 bits per heavy atom. The van der Waals surface area contributed by atoms with Crippen LogP contribution < -0.4 is 10.6 Å². The van der Waals surface area contributed by atoms with Crippen LogP contribution in [0.5, 0.6) is 0 Å². The van der Waals surface area contributed by atoms with Gasteiger partial charge in [-0.15, -0.1) is 0 Å². The van der Waals surface area contributed by atoms with E-state index in [9.17, 15) is 4.79 Å². The van der Waals surface area contributed by atoms with E-state index in [1.54, 1.807) is 0 Å². The molecule has 1 rings (SSSR count). The molecule has 4 nitrogen and oxygen atoms in total. The van der Waals surface area contributed by atoms with E-state index in [0.717, 1.165) is 13.0 Å². The van der Waals surface area contributed by atoms with Crippen LogP contribution in [0.15, 0.2) is 0 Å². The normalized spacial score (nSPS) is 21.2. The molecule has 1 unspecified atom stereocenters. The lowest BCUT2D eigenvalue weighted by molar-refractivity contribution is 0.0524. The third-order valence-electron chi connectivity index (χ3n) is 2.09. The summed E-state index contributed by atoms with van der Waals surface area (Å²) in [5, 5.41) is 6.01. The molecule has 0 aromatic rings. The fourth-order valence-electron chi connectivity index (χ4n) is 1.26. The minimum Gasteiger partial charge on any atom is -0.444 e. The SMILES string of the molecule is CC(C)(C)OC(=O)NCCC1CCN1. The average Bonchev–Trinajstić information content (AvgIpc) is 1.90. The highest BCUT2D eigenvalue weighted by molar-refractivity contribution is 5.67. The van der Waals surface area contributed by atoms with Crippen molar-refractivity contribution in [3.8, 4) is 0 Å². The molecule has 1 atom stereocenters. The predicted octanol–water partition coefficient (Wildman–Crippen LogP) is 1.26. The van der Waals surface area contributed by atoms with Crippen LogP contribution in [0.1, 0.15) is 33.6 Å². The van der Waals surface area contributed by atoms with E-state index in [-0.39, 0.29) is 6.09 Å². The molecule has 0 aromatic heterocycles. The Kier molecular flexibility index (Phi) is 3.75. The van der Waals surface area contributed by atoms with Gasteiger partial charge >= 0.3 is 6.09 Å². The van der Waals surface area contributed by atoms with Gasteiger partial charge in [0.15, 0.2) is 0 Å². The molecule has 82 valence electrons. The number of nitrogens with one attached hydrogen (secondary N) is 2. The molecule has 1 aliphatic heterocycles. The molecular formula is C10H20N2O2. The summed E-state index contributed by atoms with van der Waals surface area (Å²) in [5.41, 5.74) is -0.404. The van der Waals surface area contributed by atoms with Crippen molar-refractivity contribution in [2.45, 2.75) is 45.3 Å². The van der Waals surface area contributed by atoms with Crippen LogP contribution in [-0.4, -0.2) is 30.8 Å². The zero-order valence-electron chi connectivity index (χ0n) is 9.22. The Balaban J connectivity index is 2.02. The van der Waals surface area contributed by atoms with Gasteiger partial charge in [-0.05, 0) is 40.2 Å². The smallest absolute Gasteiger partial charge is 0.407 e. The summed E-state index contributed by atoms with van der Waals surface area (Å²) >= 11 is 0. The molecule has 2 N–H and O–H groups in total. The van der Waals surface area contributed by atoms with Crippen LogP contribution in [-0.2, 0) is 4.74 Å². The molecule has 0 bridgehead atoms. The largest absolute Gasteiger partial charge is 0.444 e. The van der Waals surface area contributed by atoms with Gasteiger partial charge in [0.05, 0.1) is 0 Å². The highest BCUT2D eigenvalue weighted by atomic mass is 16.6. The van der Waals surface area contributed by atoms with Gasteiger partial charge in [-0.3, -0.25) is 0 Å². The van der Waals surface area contributed by atoms with Crippen LogP contribution in [0.3, 0.4) is 0 Å². The number of carbonyl (C=O) groups excluding carboxylic acids is 1. The Hall–Kier alpha value is -0.770. The Morgan fingerprint density at radius 1 is 1.57 bits per heavy atom. The summed E-state index contributed by atoms with van der Waals surface area (Å²) in [4.78, 5) is 11.2. The number of amides is 1. The van der Waals surface area contributed by atoms with Gasteiger partial charge in [-0.1, -0.05) is 0 Å². The van der Waals surface area contributed by atoms with Gasteiger partial charge in [0, 0.05) is 12.6 Å². The molecule has 0 radical (unpaired) electrons. The van der Waals surface area contributed by atoms with Gasteiger partial charge in [-0.2, -0.15) is 0 Å². The highest BCUT2D eigenvalue weighted by Crippen LogP contribution is 2.07. The zero-order valence-corrected chi connectivity index (χ0v) is 9.22. The average molecular weight is 200 g/mol. The molecular weight excluding hydrogens is 180 g/mol. The maximum Gasteiger partial charge on any atom is 0.407 e. The lowest BCUT2D eigenvalue weighted by atomic mass is 10.0. The number of ether oxygens (including phenoxy) is 1. The van der Waals surface area contributed by atoms with Crippen LogP contribution in [0.4, 0.5) is 4.79 Å². The van der Waals surface area contributed by atoms with Crippen LogP contribution in [0.2, 0.25) is 0 Å². The van der Waals surface area contributed by atoms with Crippen molar-refractivity contribution in [2.24, 2.45) is 0 Å². The van der Waals surface area contributed by atoms with Gasteiger partial charge in [0.2, 0.25) is 0 Å². The second kappa shape index (κ2) is 4.64. The van der Waals surface area contributed by atoms with Gasteiger partial charge in [0.1, 0.15) is 5.60 Å². The molecule has 14 heavy (non-hydrogen) atoms. The summed E-state index contributed by atoms with van der Waals surface area (Å²) in [7, 11) is 0. The first kappa shape index (κ1) is 11.3. The molecule has 1 fully saturated rings. The fourth-order valence-corrected chi connectivity index (χ4v) is 1.26. The molecule has 1 heterocycles. The Labute approximate surface area is 85.4 Å². The van der Waals surface area contributed by atoms with Crippen LogP contribution in [0.25, 0.3) is 0 Å². The molecule has 1 amide bonds. The topological polar surface area (TPSA) is 50.4 Å². The first-order valence-electron chi connectivity index (χ1n) is 5.17. The van der Waals surface area contributed by atoms with E-state index in [1.165, 1.54) is 6.42 Å². The summed E-state index contributed by atoms with van der Waals surface area (Å²) in [6.07, 6.45) is 1.88. The van der Waals surface area contributed by atoms with Crippen LogP contribution in [0, 0.1) is 0 Å². The number of carbonyl (C=O) groups is 1. The lowest BCUT2D eigenvalue weighted by Crippen LogP contribution is -2.45. The summed E-state index contributed by atoms with van der Waals surface area (Å²) in [6.45, 7) is 7.38. The molecule has 0 aliphatic carbocycles. The maximum atomic E-state index is 11.2. The minimum absolute atomic E-state index is 0.322. The Morgan fingerprint density at radius 3 is 2.64 bits per heavy atom. The highest BCUT2D eigenvalue weighted by Gasteiger charge is 2.18. The number of hydrogen-bond donors (Lipinski definition) is 2. The van der Waals surface area contributed by atoms with Crippen molar-refractivity contribution in [2.75, 3.05) is 13.1 Å². The van der Waals surface area contributed by atoms with E-state index < -0.39 is 5.60 Å². The number of hydrogen-bond acceptors (Lipinski definition) is 3. The third kappa shape index (κ3) is 4.46. The van der Waals surface area contributed by atoms with E-state index >= 15 is 0 Å². The second-order valence-corrected chi connectivity index (χ2v) is 4.66. The monoisotopic (exact) mass is 200 g/mol. The maximum absolute atomic E-state index is 11.2.